The fraction of sp³-hybridized carbons (Fsp3) is 0.192. The molecule has 2 N–H and O–H groups in total. The molecule has 1 saturated heterocycles. The Balaban J connectivity index is 1.50. The number of piperazine rings is 1. The van der Waals surface area contributed by atoms with Gasteiger partial charge in [-0.2, -0.15) is 0 Å². The molecule has 1 fully saturated rings. The van der Waals surface area contributed by atoms with E-state index in [1.807, 2.05) is 42.5 Å². The predicted octanol–water partition coefficient (Wildman–Crippen LogP) is 4.51. The van der Waals surface area contributed by atoms with Gasteiger partial charge in [0.15, 0.2) is 0 Å². The fourth-order valence-electron chi connectivity index (χ4n) is 4.24. The molecule has 5 rings (SSSR count). The summed E-state index contributed by atoms with van der Waals surface area (Å²) in [6.45, 7) is 4.13. The van der Waals surface area contributed by atoms with Gasteiger partial charge in [0.05, 0.1) is 17.0 Å². The number of fused-ring (bicyclic) bond motifs is 1. The Labute approximate surface area is 187 Å². The van der Waals surface area contributed by atoms with Crippen LogP contribution in [0.1, 0.15) is 11.1 Å². The molecular formula is C26H25FN4O. The molecule has 0 unspecified atom stereocenters. The third kappa shape index (κ3) is 3.97. The van der Waals surface area contributed by atoms with Crippen LogP contribution in [-0.4, -0.2) is 44.0 Å². The van der Waals surface area contributed by atoms with Gasteiger partial charge < -0.3 is 20.4 Å². The number of likely N-dealkylation sites (N-methyl/N-ethyl adjacent to an activating group) is 1. The molecule has 0 bridgehead atoms. The molecule has 0 saturated carbocycles. The normalized spacial score (nSPS) is 17.7. The molecule has 3 aromatic rings. The highest BCUT2D eigenvalue weighted by Gasteiger charge is 2.28. The van der Waals surface area contributed by atoms with Gasteiger partial charge in [0.1, 0.15) is 5.82 Å². The molecule has 0 radical (unpaired) electrons. The van der Waals surface area contributed by atoms with Gasteiger partial charge in [-0.1, -0.05) is 30.3 Å². The summed E-state index contributed by atoms with van der Waals surface area (Å²) in [5.41, 5.74) is 5.35. The highest BCUT2D eigenvalue weighted by molar-refractivity contribution is 6.37. The molecule has 162 valence electrons. The summed E-state index contributed by atoms with van der Waals surface area (Å²) in [4.78, 5) is 17.6. The minimum atomic E-state index is -0.376. The summed E-state index contributed by atoms with van der Waals surface area (Å²) in [6, 6.07) is 22.4. The molecule has 2 heterocycles. The van der Waals surface area contributed by atoms with Crippen molar-refractivity contribution in [3.8, 4) is 0 Å². The van der Waals surface area contributed by atoms with Crippen molar-refractivity contribution in [2.24, 2.45) is 0 Å². The number of amides is 1. The van der Waals surface area contributed by atoms with E-state index in [0.29, 0.717) is 22.5 Å². The van der Waals surface area contributed by atoms with Crippen molar-refractivity contribution in [3.05, 3.63) is 89.7 Å². The van der Waals surface area contributed by atoms with Gasteiger partial charge in [-0.3, -0.25) is 4.79 Å². The smallest absolute Gasteiger partial charge is 0.258 e. The SMILES string of the molecule is CN1CCN(c2ccc(NC(=C3C(=O)Nc4cc(F)ccc43)c3ccccc3)cc2)CC1. The zero-order chi connectivity index (χ0) is 22.1. The van der Waals surface area contributed by atoms with Gasteiger partial charge >= 0.3 is 0 Å². The summed E-state index contributed by atoms with van der Waals surface area (Å²) < 4.78 is 13.7. The van der Waals surface area contributed by atoms with Crippen LogP contribution in [0.25, 0.3) is 11.3 Å². The number of hydrogen-bond donors (Lipinski definition) is 2. The summed E-state index contributed by atoms with van der Waals surface area (Å²) in [5, 5.41) is 6.25. The number of benzene rings is 3. The molecule has 6 heteroatoms. The third-order valence-electron chi connectivity index (χ3n) is 6.04. The van der Waals surface area contributed by atoms with E-state index < -0.39 is 0 Å². The maximum absolute atomic E-state index is 13.7. The average molecular weight is 429 g/mol. The van der Waals surface area contributed by atoms with Gasteiger partial charge in [0.25, 0.3) is 5.91 Å². The molecule has 3 aromatic carbocycles. The minimum Gasteiger partial charge on any atom is -0.369 e. The first-order chi connectivity index (χ1) is 15.6. The van der Waals surface area contributed by atoms with Crippen molar-refractivity contribution < 1.29 is 9.18 Å². The molecule has 0 spiro atoms. The largest absolute Gasteiger partial charge is 0.369 e. The Morgan fingerprint density at radius 1 is 0.938 bits per heavy atom. The van der Waals surface area contributed by atoms with Gasteiger partial charge in [-0.05, 0) is 55.1 Å². The number of hydrogen-bond acceptors (Lipinski definition) is 4. The molecule has 5 nitrogen and oxygen atoms in total. The highest BCUT2D eigenvalue weighted by Crippen LogP contribution is 2.38. The minimum absolute atomic E-state index is 0.244. The lowest BCUT2D eigenvalue weighted by molar-refractivity contribution is -0.110. The van der Waals surface area contributed by atoms with Crippen LogP contribution in [-0.2, 0) is 4.79 Å². The van der Waals surface area contributed by atoms with E-state index in [-0.39, 0.29) is 11.7 Å². The van der Waals surface area contributed by atoms with Crippen molar-refractivity contribution in [2.75, 3.05) is 48.8 Å². The van der Waals surface area contributed by atoms with Crippen LogP contribution in [0.5, 0.6) is 0 Å². The van der Waals surface area contributed by atoms with Gasteiger partial charge in [-0.25, -0.2) is 4.39 Å². The number of nitrogens with zero attached hydrogens (tertiary/aromatic N) is 2. The Bertz CT molecular complexity index is 1170. The number of carbonyl (C=O) groups excluding carboxylic acids is 1. The molecule has 2 aliphatic rings. The van der Waals surface area contributed by atoms with Crippen molar-refractivity contribution in [2.45, 2.75) is 0 Å². The van der Waals surface area contributed by atoms with Crippen LogP contribution in [0.2, 0.25) is 0 Å². The van der Waals surface area contributed by atoms with Crippen LogP contribution in [0.4, 0.5) is 21.5 Å². The first-order valence-corrected chi connectivity index (χ1v) is 10.8. The van der Waals surface area contributed by atoms with Crippen molar-refractivity contribution in [1.29, 1.82) is 0 Å². The van der Waals surface area contributed by atoms with E-state index >= 15 is 0 Å². The second-order valence-corrected chi connectivity index (χ2v) is 8.22. The van der Waals surface area contributed by atoms with Crippen LogP contribution < -0.4 is 15.5 Å². The Morgan fingerprint density at radius 2 is 1.66 bits per heavy atom. The van der Waals surface area contributed by atoms with Gasteiger partial charge in [0, 0.05) is 43.1 Å². The average Bonchev–Trinajstić information content (AvgIpc) is 3.13. The molecule has 0 aliphatic carbocycles. The second-order valence-electron chi connectivity index (χ2n) is 8.22. The number of anilines is 3. The summed E-state index contributed by atoms with van der Waals surface area (Å²) >= 11 is 0. The number of nitrogens with one attached hydrogen (secondary N) is 2. The van der Waals surface area contributed by atoms with Gasteiger partial charge in [0.2, 0.25) is 0 Å². The van der Waals surface area contributed by atoms with Crippen LogP contribution in [0, 0.1) is 5.82 Å². The molecule has 1 amide bonds. The maximum Gasteiger partial charge on any atom is 0.258 e. The Morgan fingerprint density at radius 3 is 2.38 bits per heavy atom. The molecule has 2 aliphatic heterocycles. The topological polar surface area (TPSA) is 47.6 Å². The maximum atomic E-state index is 13.7. The number of halogens is 1. The van der Waals surface area contributed by atoms with Crippen molar-refractivity contribution in [1.82, 2.24) is 4.90 Å². The van der Waals surface area contributed by atoms with Crippen LogP contribution >= 0.6 is 0 Å². The van der Waals surface area contributed by atoms with Crippen LogP contribution in [0.3, 0.4) is 0 Å². The summed E-state index contributed by atoms with van der Waals surface area (Å²) in [5.74, 6) is -0.620. The predicted molar refractivity (Wildman–Crippen MR) is 128 cm³/mol. The quantitative estimate of drug-likeness (QED) is 0.601. The summed E-state index contributed by atoms with van der Waals surface area (Å²) in [6.07, 6.45) is 0. The van der Waals surface area contributed by atoms with Crippen LogP contribution in [0.15, 0.2) is 72.8 Å². The zero-order valence-corrected chi connectivity index (χ0v) is 17.9. The van der Waals surface area contributed by atoms with Gasteiger partial charge in [-0.15, -0.1) is 0 Å². The van der Waals surface area contributed by atoms with E-state index in [9.17, 15) is 9.18 Å². The first kappa shape index (κ1) is 20.3. The van der Waals surface area contributed by atoms with Crippen molar-refractivity contribution >= 4 is 34.2 Å². The van der Waals surface area contributed by atoms with E-state index in [1.165, 1.54) is 17.8 Å². The zero-order valence-electron chi connectivity index (χ0n) is 17.9. The summed E-state index contributed by atoms with van der Waals surface area (Å²) in [7, 11) is 2.15. The van der Waals surface area contributed by atoms with E-state index in [2.05, 4.69) is 39.6 Å². The lowest BCUT2D eigenvalue weighted by Gasteiger charge is -2.34. The van der Waals surface area contributed by atoms with E-state index in [1.54, 1.807) is 6.07 Å². The standard InChI is InChI=1S/C26H25FN4O/c1-30-13-15-31(16-14-30)21-10-8-20(9-11-21)28-25(18-5-3-2-4-6-18)24-22-12-7-19(27)17-23(22)29-26(24)32/h2-12,17,28H,13-16H2,1H3,(H,29,32). The molecule has 0 aromatic heterocycles. The second kappa shape index (κ2) is 8.48. The van der Waals surface area contributed by atoms with E-state index in [0.717, 1.165) is 37.4 Å². The molecule has 0 atom stereocenters. The number of carbonyl (C=O) groups is 1. The fourth-order valence-corrected chi connectivity index (χ4v) is 4.24. The lowest BCUT2D eigenvalue weighted by Crippen LogP contribution is -2.44. The Hall–Kier alpha value is -3.64. The monoisotopic (exact) mass is 428 g/mol. The lowest BCUT2D eigenvalue weighted by atomic mass is 10.00. The van der Waals surface area contributed by atoms with Crippen molar-refractivity contribution in [3.63, 3.8) is 0 Å². The molecule has 32 heavy (non-hydrogen) atoms. The highest BCUT2D eigenvalue weighted by atomic mass is 19.1. The molecular weight excluding hydrogens is 403 g/mol. The Kier molecular flexibility index (Phi) is 5.37. The third-order valence-corrected chi connectivity index (χ3v) is 6.04. The van der Waals surface area contributed by atoms with E-state index in [4.69, 9.17) is 0 Å². The first-order valence-electron chi connectivity index (χ1n) is 10.8. The number of rotatable bonds is 4.